The van der Waals surface area contributed by atoms with E-state index in [1.54, 1.807) is 14.2 Å². The molecule has 0 unspecified atom stereocenters. The standard InChI is InChI=1S/C17H30N2O2/c1-5-19(6-2)12-8-7-11-18-14-15-13-16(20-3)9-10-17(15)21-4/h9-10,13,18H,5-8,11-12,14H2,1-4H3. The van der Waals surface area contributed by atoms with Crippen LogP contribution >= 0.6 is 0 Å². The molecule has 0 atom stereocenters. The van der Waals surface area contributed by atoms with Gasteiger partial charge in [0.15, 0.2) is 0 Å². The largest absolute Gasteiger partial charge is 0.497 e. The van der Waals surface area contributed by atoms with Crippen molar-refractivity contribution in [2.75, 3.05) is 40.4 Å². The van der Waals surface area contributed by atoms with Gasteiger partial charge in [0.1, 0.15) is 11.5 Å². The number of hydrogen-bond acceptors (Lipinski definition) is 4. The molecule has 0 heterocycles. The molecule has 0 aliphatic rings. The van der Waals surface area contributed by atoms with Crippen molar-refractivity contribution in [3.05, 3.63) is 23.8 Å². The molecule has 1 rings (SSSR count). The highest BCUT2D eigenvalue weighted by Crippen LogP contribution is 2.23. The fourth-order valence-electron chi connectivity index (χ4n) is 2.37. The zero-order valence-corrected chi connectivity index (χ0v) is 13.9. The Morgan fingerprint density at radius 2 is 1.81 bits per heavy atom. The van der Waals surface area contributed by atoms with Crippen molar-refractivity contribution >= 4 is 0 Å². The molecule has 1 aromatic rings. The summed E-state index contributed by atoms with van der Waals surface area (Å²) in [6.45, 7) is 9.76. The Bertz CT molecular complexity index is 392. The molecule has 0 saturated carbocycles. The third-order valence-corrected chi connectivity index (χ3v) is 3.78. The van der Waals surface area contributed by atoms with Crippen LogP contribution in [0, 0.1) is 0 Å². The third kappa shape index (κ3) is 6.36. The van der Waals surface area contributed by atoms with Crippen LogP contribution in [0.15, 0.2) is 18.2 Å². The van der Waals surface area contributed by atoms with Crippen LogP contribution in [-0.4, -0.2) is 45.3 Å². The van der Waals surface area contributed by atoms with Crippen LogP contribution in [0.3, 0.4) is 0 Å². The van der Waals surface area contributed by atoms with E-state index in [1.165, 1.54) is 19.4 Å². The van der Waals surface area contributed by atoms with Gasteiger partial charge >= 0.3 is 0 Å². The summed E-state index contributed by atoms with van der Waals surface area (Å²) in [7, 11) is 3.39. The number of hydrogen-bond donors (Lipinski definition) is 1. The van der Waals surface area contributed by atoms with Crippen LogP contribution in [-0.2, 0) is 6.54 Å². The Morgan fingerprint density at radius 3 is 2.43 bits per heavy atom. The molecule has 0 aliphatic carbocycles. The Labute approximate surface area is 129 Å². The average molecular weight is 294 g/mol. The van der Waals surface area contributed by atoms with E-state index in [0.29, 0.717) is 0 Å². The Hall–Kier alpha value is -1.26. The maximum absolute atomic E-state index is 5.38. The molecular formula is C17H30N2O2. The minimum absolute atomic E-state index is 0.811. The van der Waals surface area contributed by atoms with Crippen molar-refractivity contribution in [1.29, 1.82) is 0 Å². The number of rotatable bonds is 11. The Morgan fingerprint density at radius 1 is 1.05 bits per heavy atom. The maximum atomic E-state index is 5.38. The predicted molar refractivity (Wildman–Crippen MR) is 88.3 cm³/mol. The van der Waals surface area contributed by atoms with E-state index in [4.69, 9.17) is 9.47 Å². The van der Waals surface area contributed by atoms with Crippen LogP contribution in [0.25, 0.3) is 0 Å². The summed E-state index contributed by atoms with van der Waals surface area (Å²) >= 11 is 0. The van der Waals surface area contributed by atoms with Crippen molar-refractivity contribution < 1.29 is 9.47 Å². The lowest BCUT2D eigenvalue weighted by Gasteiger charge is -2.17. The number of ether oxygens (including phenoxy) is 2. The highest BCUT2D eigenvalue weighted by molar-refractivity contribution is 5.40. The lowest BCUT2D eigenvalue weighted by molar-refractivity contribution is 0.296. The van der Waals surface area contributed by atoms with Crippen LogP contribution in [0.4, 0.5) is 0 Å². The minimum atomic E-state index is 0.811. The summed E-state index contributed by atoms with van der Waals surface area (Å²) in [6, 6.07) is 5.91. The number of unbranched alkanes of at least 4 members (excludes halogenated alkanes) is 1. The first kappa shape index (κ1) is 17.8. The first-order chi connectivity index (χ1) is 10.2. The van der Waals surface area contributed by atoms with Gasteiger partial charge in [0.05, 0.1) is 14.2 Å². The minimum Gasteiger partial charge on any atom is -0.497 e. The topological polar surface area (TPSA) is 33.7 Å². The fourth-order valence-corrected chi connectivity index (χ4v) is 2.37. The van der Waals surface area contributed by atoms with Gasteiger partial charge in [0.2, 0.25) is 0 Å². The molecule has 4 heteroatoms. The molecule has 21 heavy (non-hydrogen) atoms. The molecule has 0 bridgehead atoms. The van der Waals surface area contributed by atoms with E-state index in [2.05, 4.69) is 24.1 Å². The van der Waals surface area contributed by atoms with Crippen molar-refractivity contribution in [2.45, 2.75) is 33.2 Å². The highest BCUT2D eigenvalue weighted by atomic mass is 16.5. The van der Waals surface area contributed by atoms with Gasteiger partial charge in [-0.2, -0.15) is 0 Å². The molecular weight excluding hydrogens is 264 g/mol. The molecule has 1 N–H and O–H groups in total. The van der Waals surface area contributed by atoms with Crippen LogP contribution in [0.2, 0.25) is 0 Å². The monoisotopic (exact) mass is 294 g/mol. The second-order valence-corrected chi connectivity index (χ2v) is 5.09. The predicted octanol–water partition coefficient (Wildman–Crippen LogP) is 2.92. The van der Waals surface area contributed by atoms with Gasteiger partial charge in [0, 0.05) is 12.1 Å². The van der Waals surface area contributed by atoms with E-state index < -0.39 is 0 Å². The van der Waals surface area contributed by atoms with Crippen molar-refractivity contribution in [1.82, 2.24) is 10.2 Å². The normalized spacial score (nSPS) is 10.9. The molecule has 120 valence electrons. The highest BCUT2D eigenvalue weighted by Gasteiger charge is 2.04. The van der Waals surface area contributed by atoms with Gasteiger partial charge in [-0.25, -0.2) is 0 Å². The van der Waals surface area contributed by atoms with Gasteiger partial charge in [-0.1, -0.05) is 13.8 Å². The quantitative estimate of drug-likeness (QED) is 0.636. The number of methoxy groups -OCH3 is 2. The molecule has 0 aromatic heterocycles. The van der Waals surface area contributed by atoms with E-state index in [-0.39, 0.29) is 0 Å². The van der Waals surface area contributed by atoms with Crippen molar-refractivity contribution in [2.24, 2.45) is 0 Å². The SMILES string of the molecule is CCN(CC)CCCCNCc1cc(OC)ccc1OC. The maximum Gasteiger partial charge on any atom is 0.123 e. The number of nitrogens with one attached hydrogen (secondary N) is 1. The summed E-state index contributed by atoms with van der Waals surface area (Å²) < 4.78 is 10.6. The Kier molecular flexibility index (Phi) is 8.87. The molecule has 0 spiro atoms. The van der Waals surface area contributed by atoms with E-state index >= 15 is 0 Å². The zero-order valence-electron chi connectivity index (χ0n) is 13.9. The lowest BCUT2D eigenvalue weighted by atomic mass is 10.2. The van der Waals surface area contributed by atoms with Crippen LogP contribution in [0.5, 0.6) is 11.5 Å². The number of nitrogens with zero attached hydrogens (tertiary/aromatic N) is 1. The molecule has 0 amide bonds. The van der Waals surface area contributed by atoms with E-state index in [9.17, 15) is 0 Å². The van der Waals surface area contributed by atoms with Gasteiger partial charge in [0.25, 0.3) is 0 Å². The molecule has 0 radical (unpaired) electrons. The first-order valence-corrected chi connectivity index (χ1v) is 7.89. The summed E-state index contributed by atoms with van der Waals surface area (Å²) in [5.74, 6) is 1.78. The lowest BCUT2D eigenvalue weighted by Crippen LogP contribution is -2.25. The van der Waals surface area contributed by atoms with Gasteiger partial charge < -0.3 is 19.7 Å². The van der Waals surface area contributed by atoms with Gasteiger partial charge in [-0.3, -0.25) is 0 Å². The van der Waals surface area contributed by atoms with Gasteiger partial charge in [-0.15, -0.1) is 0 Å². The zero-order chi connectivity index (χ0) is 15.5. The molecule has 0 saturated heterocycles. The van der Waals surface area contributed by atoms with Crippen molar-refractivity contribution in [3.8, 4) is 11.5 Å². The second-order valence-electron chi connectivity index (χ2n) is 5.09. The van der Waals surface area contributed by atoms with Crippen LogP contribution in [0.1, 0.15) is 32.3 Å². The summed E-state index contributed by atoms with van der Waals surface area (Å²) in [5.41, 5.74) is 1.14. The first-order valence-electron chi connectivity index (χ1n) is 7.89. The fraction of sp³-hybridized carbons (Fsp3) is 0.647. The smallest absolute Gasteiger partial charge is 0.123 e. The summed E-state index contributed by atoms with van der Waals surface area (Å²) in [6.07, 6.45) is 2.44. The molecule has 4 nitrogen and oxygen atoms in total. The average Bonchev–Trinajstić information content (AvgIpc) is 2.54. The van der Waals surface area contributed by atoms with E-state index in [1.807, 2.05) is 18.2 Å². The Balaban J connectivity index is 2.29. The number of benzene rings is 1. The van der Waals surface area contributed by atoms with Crippen LogP contribution < -0.4 is 14.8 Å². The molecule has 1 aromatic carbocycles. The third-order valence-electron chi connectivity index (χ3n) is 3.78. The summed E-state index contributed by atoms with van der Waals surface area (Å²) in [4.78, 5) is 2.46. The molecule has 0 fully saturated rings. The molecule has 0 aliphatic heterocycles. The van der Waals surface area contributed by atoms with E-state index in [0.717, 1.165) is 43.2 Å². The summed E-state index contributed by atoms with van der Waals surface area (Å²) in [5, 5.41) is 3.48. The van der Waals surface area contributed by atoms with Gasteiger partial charge in [-0.05, 0) is 57.2 Å². The second kappa shape index (κ2) is 10.5. The van der Waals surface area contributed by atoms with Crippen molar-refractivity contribution in [3.63, 3.8) is 0 Å².